The first kappa shape index (κ1) is 11.0. The molecule has 5 nitrogen and oxygen atoms in total. The molecule has 2 saturated heterocycles. The zero-order chi connectivity index (χ0) is 12.0. The van der Waals surface area contributed by atoms with Crippen LogP contribution >= 0.6 is 0 Å². The van der Waals surface area contributed by atoms with E-state index in [9.17, 15) is 8.42 Å². The van der Waals surface area contributed by atoms with Crippen LogP contribution in [0.5, 0.6) is 5.75 Å². The van der Waals surface area contributed by atoms with Crippen LogP contribution in [0.25, 0.3) is 0 Å². The molecule has 0 radical (unpaired) electrons. The predicted octanol–water partition coefficient (Wildman–Crippen LogP) is 1.09. The van der Waals surface area contributed by atoms with Crippen LogP contribution in [0.3, 0.4) is 0 Å². The molecule has 92 valence electrons. The van der Waals surface area contributed by atoms with Gasteiger partial charge in [-0.05, 0) is 24.1 Å². The molecule has 1 aromatic carbocycles. The summed E-state index contributed by atoms with van der Waals surface area (Å²) in [7, 11) is -1.89. The van der Waals surface area contributed by atoms with Crippen LogP contribution in [-0.4, -0.2) is 32.5 Å². The normalized spacial score (nSPS) is 33.8. The van der Waals surface area contributed by atoms with Gasteiger partial charge >= 0.3 is 10.3 Å². The fraction of sp³-hybridized carbons (Fsp3) is 0.455. The molecule has 0 amide bonds. The number of ether oxygens (including phenoxy) is 1. The van der Waals surface area contributed by atoms with Crippen molar-refractivity contribution in [2.24, 2.45) is 0 Å². The number of benzene rings is 1. The highest BCUT2D eigenvalue weighted by Crippen LogP contribution is 2.50. The first-order valence-corrected chi connectivity index (χ1v) is 6.82. The standard InChI is InChI=1S/C11H13NO4S/c1-15-9-4-2-8(3-5-9)11-10-6-7-16-17(13,14)12(10)11/h2-5,10-11H,6-7H2,1H3/t10-,11-,12?/m1/s1. The molecule has 6 heteroatoms. The summed E-state index contributed by atoms with van der Waals surface area (Å²) in [5.74, 6) is 0.770. The summed E-state index contributed by atoms with van der Waals surface area (Å²) in [4.78, 5) is 0. The van der Waals surface area contributed by atoms with E-state index < -0.39 is 10.3 Å². The largest absolute Gasteiger partial charge is 0.497 e. The highest BCUT2D eigenvalue weighted by molar-refractivity contribution is 7.84. The van der Waals surface area contributed by atoms with Crippen LogP contribution in [-0.2, 0) is 14.5 Å². The van der Waals surface area contributed by atoms with Gasteiger partial charge in [-0.15, -0.1) is 0 Å². The highest BCUT2D eigenvalue weighted by atomic mass is 32.2. The maximum atomic E-state index is 11.6. The number of hydrogen-bond acceptors (Lipinski definition) is 4. The van der Waals surface area contributed by atoms with Crippen molar-refractivity contribution in [3.05, 3.63) is 29.8 Å². The third-order valence-electron chi connectivity index (χ3n) is 3.24. The highest BCUT2D eigenvalue weighted by Gasteiger charge is 2.58. The van der Waals surface area contributed by atoms with E-state index in [0.717, 1.165) is 17.7 Å². The second-order valence-electron chi connectivity index (χ2n) is 4.18. The minimum atomic E-state index is -3.50. The van der Waals surface area contributed by atoms with Crippen LogP contribution in [0.15, 0.2) is 24.3 Å². The Morgan fingerprint density at radius 1 is 1.35 bits per heavy atom. The minimum absolute atomic E-state index is 0.0617. The van der Waals surface area contributed by atoms with Crippen molar-refractivity contribution in [2.45, 2.75) is 18.5 Å². The van der Waals surface area contributed by atoms with Gasteiger partial charge in [-0.25, -0.2) is 0 Å². The van der Waals surface area contributed by atoms with Crippen molar-refractivity contribution in [3.63, 3.8) is 0 Å². The molecule has 2 aliphatic rings. The van der Waals surface area contributed by atoms with Crippen LogP contribution in [0.2, 0.25) is 0 Å². The van der Waals surface area contributed by atoms with Crippen molar-refractivity contribution >= 4 is 10.3 Å². The maximum Gasteiger partial charge on any atom is 0.339 e. The van der Waals surface area contributed by atoms with Crippen molar-refractivity contribution in [2.75, 3.05) is 13.7 Å². The number of hydrogen-bond donors (Lipinski definition) is 0. The Morgan fingerprint density at radius 3 is 2.65 bits per heavy atom. The molecular formula is C11H13NO4S. The lowest BCUT2D eigenvalue weighted by Crippen LogP contribution is -2.23. The molecule has 0 bridgehead atoms. The van der Waals surface area contributed by atoms with E-state index in [-0.39, 0.29) is 18.7 Å². The van der Waals surface area contributed by atoms with E-state index in [1.54, 1.807) is 7.11 Å². The van der Waals surface area contributed by atoms with Crippen LogP contribution in [0, 0.1) is 0 Å². The van der Waals surface area contributed by atoms with Gasteiger partial charge in [0.05, 0.1) is 25.8 Å². The zero-order valence-electron chi connectivity index (χ0n) is 9.37. The molecular weight excluding hydrogens is 242 g/mol. The molecule has 1 aromatic rings. The van der Waals surface area contributed by atoms with Crippen molar-refractivity contribution < 1.29 is 17.3 Å². The second-order valence-corrected chi connectivity index (χ2v) is 5.70. The summed E-state index contributed by atoms with van der Waals surface area (Å²) in [6.45, 7) is 0.288. The van der Waals surface area contributed by atoms with Gasteiger partial charge in [0.15, 0.2) is 0 Å². The third kappa shape index (κ3) is 1.72. The van der Waals surface area contributed by atoms with Gasteiger partial charge in [-0.2, -0.15) is 12.7 Å². The molecule has 0 spiro atoms. The Bertz CT molecular complexity index is 525. The van der Waals surface area contributed by atoms with Gasteiger partial charge < -0.3 is 4.74 Å². The summed E-state index contributed by atoms with van der Waals surface area (Å²) >= 11 is 0. The molecule has 3 rings (SSSR count). The quantitative estimate of drug-likeness (QED) is 0.742. The van der Waals surface area contributed by atoms with Crippen LogP contribution in [0.1, 0.15) is 18.0 Å². The monoisotopic (exact) mass is 255 g/mol. The van der Waals surface area contributed by atoms with Crippen molar-refractivity contribution in [1.29, 1.82) is 0 Å². The summed E-state index contributed by atoms with van der Waals surface area (Å²) in [6, 6.07) is 7.49. The average molecular weight is 255 g/mol. The number of methoxy groups -OCH3 is 1. The lowest BCUT2D eigenvalue weighted by atomic mass is 10.1. The zero-order valence-corrected chi connectivity index (χ0v) is 10.2. The smallest absolute Gasteiger partial charge is 0.339 e. The van der Waals surface area contributed by atoms with E-state index in [0.29, 0.717) is 0 Å². The SMILES string of the molecule is COc1ccc([C@@H]2[C@H]3CCOS(=O)(=O)N32)cc1. The van der Waals surface area contributed by atoms with E-state index in [1.165, 1.54) is 4.31 Å². The van der Waals surface area contributed by atoms with E-state index >= 15 is 0 Å². The number of rotatable bonds is 2. The molecule has 2 fully saturated rings. The molecule has 3 atom stereocenters. The lowest BCUT2D eigenvalue weighted by molar-refractivity contribution is 0.265. The molecule has 2 heterocycles. The maximum absolute atomic E-state index is 11.6. The third-order valence-corrected chi connectivity index (χ3v) is 4.72. The van der Waals surface area contributed by atoms with Crippen LogP contribution in [0.4, 0.5) is 0 Å². The molecule has 1 unspecified atom stereocenters. The predicted molar refractivity (Wildman–Crippen MR) is 60.9 cm³/mol. The van der Waals surface area contributed by atoms with E-state index in [4.69, 9.17) is 8.92 Å². The van der Waals surface area contributed by atoms with Gasteiger partial charge in [0.25, 0.3) is 0 Å². The van der Waals surface area contributed by atoms with Crippen LogP contribution < -0.4 is 4.74 Å². The molecule has 0 aliphatic carbocycles. The summed E-state index contributed by atoms with van der Waals surface area (Å²) in [6.07, 6.45) is 0.760. The second kappa shape index (κ2) is 3.69. The number of fused-ring (bicyclic) bond motifs is 1. The fourth-order valence-electron chi connectivity index (χ4n) is 2.35. The van der Waals surface area contributed by atoms with Gasteiger partial charge in [-0.3, -0.25) is 4.18 Å². The summed E-state index contributed by atoms with van der Waals surface area (Å²) in [5.41, 5.74) is 0.991. The van der Waals surface area contributed by atoms with E-state index in [2.05, 4.69) is 0 Å². The van der Waals surface area contributed by atoms with Gasteiger partial charge in [0.2, 0.25) is 0 Å². The Labute approximate surface area is 100 Å². The summed E-state index contributed by atoms with van der Waals surface area (Å²) in [5, 5.41) is 0. The molecule has 0 aromatic heterocycles. The minimum Gasteiger partial charge on any atom is -0.497 e. The molecule has 2 aliphatic heterocycles. The molecule has 0 saturated carbocycles. The van der Waals surface area contributed by atoms with Gasteiger partial charge in [0.1, 0.15) is 5.75 Å². The Balaban J connectivity index is 1.87. The molecule has 17 heavy (non-hydrogen) atoms. The Kier molecular flexibility index (Phi) is 2.39. The fourth-order valence-corrected chi connectivity index (χ4v) is 3.82. The Hall–Kier alpha value is -1.11. The first-order chi connectivity index (χ1) is 8.13. The lowest BCUT2D eigenvalue weighted by Gasteiger charge is -2.10. The topological polar surface area (TPSA) is 55.6 Å². The van der Waals surface area contributed by atoms with Gasteiger partial charge in [0, 0.05) is 0 Å². The van der Waals surface area contributed by atoms with E-state index in [1.807, 2.05) is 24.3 Å². The Morgan fingerprint density at radius 2 is 2.06 bits per heavy atom. The van der Waals surface area contributed by atoms with Gasteiger partial charge in [-0.1, -0.05) is 12.1 Å². The number of nitrogens with zero attached hydrogens (tertiary/aromatic N) is 1. The van der Waals surface area contributed by atoms with Crippen molar-refractivity contribution in [1.82, 2.24) is 4.31 Å². The average Bonchev–Trinajstić information content (AvgIpc) is 3.05. The first-order valence-electron chi connectivity index (χ1n) is 5.45. The molecule has 0 N–H and O–H groups in total. The van der Waals surface area contributed by atoms with Crippen molar-refractivity contribution in [3.8, 4) is 5.75 Å². The summed E-state index contributed by atoms with van der Waals surface area (Å²) < 4.78 is 34.5.